The predicted octanol–water partition coefficient (Wildman–Crippen LogP) is 0.811. The van der Waals surface area contributed by atoms with E-state index in [-0.39, 0.29) is 0 Å². The summed E-state index contributed by atoms with van der Waals surface area (Å²) in [5.74, 6) is 2.69. The Balaban J connectivity index is 1.69. The highest BCUT2D eigenvalue weighted by atomic mass is 15.6. The number of aryl methyl sites for hydroxylation is 1. The number of hydrogen-bond donors (Lipinski definition) is 1. The van der Waals surface area contributed by atoms with E-state index < -0.39 is 0 Å². The van der Waals surface area contributed by atoms with Crippen LogP contribution in [0.1, 0.15) is 25.7 Å². The summed E-state index contributed by atoms with van der Waals surface area (Å²) >= 11 is 0. The zero-order valence-corrected chi connectivity index (χ0v) is 8.35. The van der Waals surface area contributed by atoms with Crippen LogP contribution in [0, 0.1) is 11.8 Å². The van der Waals surface area contributed by atoms with Crippen molar-refractivity contribution in [3.05, 3.63) is 0 Å². The smallest absolute Gasteiger partial charge is 0.242 e. The highest BCUT2D eigenvalue weighted by molar-refractivity contribution is 5.25. The van der Waals surface area contributed by atoms with E-state index in [0.29, 0.717) is 6.04 Å². The summed E-state index contributed by atoms with van der Waals surface area (Å²) in [5.41, 5.74) is 0. The van der Waals surface area contributed by atoms with Crippen molar-refractivity contribution in [2.45, 2.75) is 31.7 Å². The molecule has 5 heteroatoms. The normalized spacial score (nSPS) is 35.1. The van der Waals surface area contributed by atoms with Crippen LogP contribution in [0.4, 0.5) is 5.95 Å². The third kappa shape index (κ3) is 1.27. The first-order chi connectivity index (χ1) is 6.84. The first kappa shape index (κ1) is 8.20. The largest absolute Gasteiger partial charge is 0.350 e. The summed E-state index contributed by atoms with van der Waals surface area (Å²) < 4.78 is 1.70. The molecule has 0 spiro atoms. The number of nitrogens with one attached hydrogen (secondary N) is 1. The Morgan fingerprint density at radius 2 is 2.36 bits per heavy atom. The molecule has 1 heterocycles. The van der Waals surface area contributed by atoms with E-state index >= 15 is 0 Å². The Morgan fingerprint density at radius 3 is 3.14 bits per heavy atom. The van der Waals surface area contributed by atoms with E-state index in [4.69, 9.17) is 0 Å². The van der Waals surface area contributed by atoms with Crippen LogP contribution in [0.25, 0.3) is 0 Å². The summed E-state index contributed by atoms with van der Waals surface area (Å²) in [6.45, 7) is 0. The van der Waals surface area contributed by atoms with Gasteiger partial charge in [0.05, 0.1) is 0 Å². The van der Waals surface area contributed by atoms with Crippen molar-refractivity contribution in [3.8, 4) is 0 Å². The van der Waals surface area contributed by atoms with Crippen molar-refractivity contribution < 1.29 is 0 Å². The number of anilines is 1. The third-order valence-electron chi connectivity index (χ3n) is 3.52. The summed E-state index contributed by atoms with van der Waals surface area (Å²) in [6, 6.07) is 0.610. The molecular weight excluding hydrogens is 178 g/mol. The third-order valence-corrected chi connectivity index (χ3v) is 3.52. The highest BCUT2D eigenvalue weighted by Gasteiger charge is 2.45. The lowest BCUT2D eigenvalue weighted by molar-refractivity contribution is 0.436. The van der Waals surface area contributed by atoms with E-state index in [1.807, 2.05) is 7.05 Å². The number of fused-ring (bicyclic) bond motifs is 1. The zero-order valence-electron chi connectivity index (χ0n) is 8.35. The van der Waals surface area contributed by atoms with Gasteiger partial charge in [0.15, 0.2) is 0 Å². The van der Waals surface area contributed by atoms with Crippen LogP contribution in [0.3, 0.4) is 0 Å². The maximum absolute atomic E-state index is 3.95. The quantitative estimate of drug-likeness (QED) is 0.755. The van der Waals surface area contributed by atoms with Crippen LogP contribution in [-0.4, -0.2) is 26.2 Å². The Bertz CT molecular complexity index is 334. The molecule has 2 aliphatic carbocycles. The molecule has 0 aliphatic heterocycles. The molecule has 0 aromatic carbocycles. The van der Waals surface area contributed by atoms with Crippen molar-refractivity contribution in [2.75, 3.05) is 5.32 Å². The molecule has 14 heavy (non-hydrogen) atoms. The lowest BCUT2D eigenvalue weighted by Crippen LogP contribution is -2.27. The standard InChI is InChI=1S/C9H15N5/c1-14-9(11-12-13-14)10-8-4-2-3-6-5-7(6)8/h6-8H,2-5H2,1H3,(H,10,11,13)/t6-,7+,8?/m0/s1. The van der Waals surface area contributed by atoms with Gasteiger partial charge in [0.1, 0.15) is 0 Å². The van der Waals surface area contributed by atoms with Gasteiger partial charge in [-0.25, -0.2) is 4.68 Å². The topological polar surface area (TPSA) is 55.6 Å². The molecule has 76 valence electrons. The molecule has 1 aromatic heterocycles. The van der Waals surface area contributed by atoms with Crippen LogP contribution in [-0.2, 0) is 7.05 Å². The molecule has 2 aliphatic rings. The summed E-state index contributed by atoms with van der Waals surface area (Å²) in [7, 11) is 1.87. The summed E-state index contributed by atoms with van der Waals surface area (Å²) in [4.78, 5) is 0. The van der Waals surface area contributed by atoms with Gasteiger partial charge in [0.2, 0.25) is 5.95 Å². The van der Waals surface area contributed by atoms with E-state index in [2.05, 4.69) is 20.8 Å². The molecule has 0 bridgehead atoms. The molecule has 0 radical (unpaired) electrons. The molecule has 3 atom stereocenters. The molecular formula is C9H15N5. The van der Waals surface area contributed by atoms with E-state index in [1.165, 1.54) is 25.7 Å². The average molecular weight is 193 g/mol. The molecule has 3 rings (SSSR count). The van der Waals surface area contributed by atoms with Gasteiger partial charge >= 0.3 is 0 Å². The second-order valence-electron chi connectivity index (χ2n) is 4.47. The van der Waals surface area contributed by atoms with Crippen molar-refractivity contribution in [3.63, 3.8) is 0 Å². The van der Waals surface area contributed by atoms with Crippen LogP contribution in [0.2, 0.25) is 0 Å². The number of nitrogens with zero attached hydrogens (tertiary/aromatic N) is 4. The van der Waals surface area contributed by atoms with Crippen LogP contribution < -0.4 is 5.32 Å². The van der Waals surface area contributed by atoms with Crippen LogP contribution in [0.5, 0.6) is 0 Å². The Hall–Kier alpha value is -1.13. The number of hydrogen-bond acceptors (Lipinski definition) is 4. The van der Waals surface area contributed by atoms with Gasteiger partial charge in [-0.15, -0.1) is 0 Å². The van der Waals surface area contributed by atoms with E-state index in [9.17, 15) is 0 Å². The van der Waals surface area contributed by atoms with Crippen LogP contribution in [0.15, 0.2) is 0 Å². The minimum atomic E-state index is 0.610. The average Bonchev–Trinajstić information content (AvgIpc) is 2.87. The number of rotatable bonds is 2. The van der Waals surface area contributed by atoms with Gasteiger partial charge < -0.3 is 5.32 Å². The fraction of sp³-hybridized carbons (Fsp3) is 0.889. The van der Waals surface area contributed by atoms with Gasteiger partial charge in [-0.3, -0.25) is 0 Å². The predicted molar refractivity (Wildman–Crippen MR) is 51.7 cm³/mol. The summed E-state index contributed by atoms with van der Waals surface area (Å²) in [6.07, 6.45) is 5.46. The minimum absolute atomic E-state index is 0.610. The maximum atomic E-state index is 3.95. The van der Waals surface area contributed by atoms with Crippen molar-refractivity contribution >= 4 is 5.95 Å². The number of aromatic nitrogens is 4. The first-order valence-corrected chi connectivity index (χ1v) is 5.33. The highest BCUT2D eigenvalue weighted by Crippen LogP contribution is 2.50. The SMILES string of the molecule is Cn1nnnc1NC1CCC[C@H]2C[C@@H]12. The van der Waals surface area contributed by atoms with Gasteiger partial charge in [0.25, 0.3) is 0 Å². The Kier molecular flexibility index (Phi) is 1.72. The van der Waals surface area contributed by atoms with Gasteiger partial charge in [-0.05, 0) is 35.1 Å². The molecule has 2 saturated carbocycles. The molecule has 1 unspecified atom stereocenters. The fourth-order valence-electron chi connectivity index (χ4n) is 2.61. The van der Waals surface area contributed by atoms with E-state index in [0.717, 1.165) is 17.8 Å². The zero-order chi connectivity index (χ0) is 9.54. The first-order valence-electron chi connectivity index (χ1n) is 5.33. The lowest BCUT2D eigenvalue weighted by atomic mass is 9.96. The molecule has 1 N–H and O–H groups in total. The minimum Gasteiger partial charge on any atom is -0.350 e. The van der Waals surface area contributed by atoms with Gasteiger partial charge in [-0.1, -0.05) is 17.9 Å². The van der Waals surface area contributed by atoms with Crippen molar-refractivity contribution in [2.24, 2.45) is 18.9 Å². The van der Waals surface area contributed by atoms with E-state index in [1.54, 1.807) is 4.68 Å². The molecule has 1 aromatic rings. The van der Waals surface area contributed by atoms with Crippen molar-refractivity contribution in [1.82, 2.24) is 20.2 Å². The monoisotopic (exact) mass is 193 g/mol. The number of tetrazole rings is 1. The lowest BCUT2D eigenvalue weighted by Gasteiger charge is -2.22. The molecule has 0 amide bonds. The second-order valence-corrected chi connectivity index (χ2v) is 4.47. The Labute approximate surface area is 82.9 Å². The second kappa shape index (κ2) is 2.93. The molecule has 0 saturated heterocycles. The van der Waals surface area contributed by atoms with Crippen LogP contribution >= 0.6 is 0 Å². The van der Waals surface area contributed by atoms with Crippen molar-refractivity contribution in [1.29, 1.82) is 0 Å². The fourth-order valence-corrected chi connectivity index (χ4v) is 2.61. The molecule has 5 nitrogen and oxygen atoms in total. The van der Waals surface area contributed by atoms with Gasteiger partial charge in [0, 0.05) is 13.1 Å². The summed E-state index contributed by atoms with van der Waals surface area (Å²) in [5, 5.41) is 14.8. The molecule has 2 fully saturated rings. The Morgan fingerprint density at radius 1 is 1.43 bits per heavy atom. The van der Waals surface area contributed by atoms with Gasteiger partial charge in [-0.2, -0.15) is 0 Å². The maximum Gasteiger partial charge on any atom is 0.242 e.